The minimum Gasteiger partial charge on any atom is -0.340 e. The standard InChI is InChI=1S/C13H10F2N2/c1-2-11-7-10(15)8-13(16-11)17-12-5-3-4-9(14)6-12/h2-8H,1H2,(H,16,17). The Hall–Kier alpha value is -2.23. The fraction of sp³-hybridized carbons (Fsp3) is 0. The summed E-state index contributed by atoms with van der Waals surface area (Å²) in [5, 5.41) is 2.82. The van der Waals surface area contributed by atoms with Crippen LogP contribution in [0, 0.1) is 11.6 Å². The summed E-state index contributed by atoms with van der Waals surface area (Å²) < 4.78 is 26.1. The zero-order chi connectivity index (χ0) is 12.3. The van der Waals surface area contributed by atoms with Crippen LogP contribution in [0.1, 0.15) is 5.69 Å². The summed E-state index contributed by atoms with van der Waals surface area (Å²) in [7, 11) is 0. The molecule has 0 saturated heterocycles. The van der Waals surface area contributed by atoms with Crippen molar-refractivity contribution in [2.75, 3.05) is 5.32 Å². The number of anilines is 2. The Bertz CT molecular complexity index is 553. The molecule has 1 heterocycles. The van der Waals surface area contributed by atoms with E-state index in [2.05, 4.69) is 16.9 Å². The number of hydrogen-bond donors (Lipinski definition) is 1. The van der Waals surface area contributed by atoms with E-state index in [1.165, 1.54) is 30.3 Å². The van der Waals surface area contributed by atoms with E-state index in [-0.39, 0.29) is 5.82 Å². The van der Waals surface area contributed by atoms with Gasteiger partial charge >= 0.3 is 0 Å². The summed E-state index contributed by atoms with van der Waals surface area (Å²) in [4.78, 5) is 4.09. The summed E-state index contributed by atoms with van der Waals surface area (Å²) in [6.07, 6.45) is 1.44. The molecule has 0 bridgehead atoms. The van der Waals surface area contributed by atoms with Crippen molar-refractivity contribution in [3.05, 3.63) is 60.3 Å². The van der Waals surface area contributed by atoms with Crippen LogP contribution in [0.2, 0.25) is 0 Å². The SMILES string of the molecule is C=Cc1cc(F)cc(Nc2cccc(F)c2)n1. The third-order valence-electron chi connectivity index (χ3n) is 2.12. The van der Waals surface area contributed by atoms with Gasteiger partial charge in [-0.3, -0.25) is 0 Å². The molecule has 0 radical (unpaired) electrons. The molecule has 1 aromatic heterocycles. The van der Waals surface area contributed by atoms with Gasteiger partial charge in [0.15, 0.2) is 0 Å². The topological polar surface area (TPSA) is 24.9 Å². The second kappa shape index (κ2) is 4.74. The Labute approximate surface area is 97.6 Å². The fourth-order valence-electron chi connectivity index (χ4n) is 1.40. The molecule has 0 fully saturated rings. The molecule has 0 aliphatic rings. The molecule has 0 atom stereocenters. The quantitative estimate of drug-likeness (QED) is 0.871. The molecule has 0 aliphatic heterocycles. The molecule has 0 aliphatic carbocycles. The predicted octanol–water partition coefficient (Wildman–Crippen LogP) is 3.75. The van der Waals surface area contributed by atoms with Crippen molar-refractivity contribution in [2.45, 2.75) is 0 Å². The lowest BCUT2D eigenvalue weighted by atomic mass is 10.3. The molecule has 0 unspecified atom stereocenters. The van der Waals surface area contributed by atoms with Gasteiger partial charge in [-0.1, -0.05) is 12.6 Å². The number of nitrogens with zero attached hydrogens (tertiary/aromatic N) is 1. The maximum atomic E-state index is 13.2. The van der Waals surface area contributed by atoms with Crippen molar-refractivity contribution in [1.82, 2.24) is 4.98 Å². The number of pyridine rings is 1. The van der Waals surface area contributed by atoms with Gasteiger partial charge in [0.05, 0.1) is 5.69 Å². The minimum absolute atomic E-state index is 0.311. The highest BCUT2D eigenvalue weighted by molar-refractivity contribution is 5.57. The monoisotopic (exact) mass is 232 g/mol. The first-order valence-corrected chi connectivity index (χ1v) is 5.00. The molecule has 2 rings (SSSR count). The van der Waals surface area contributed by atoms with Crippen LogP contribution in [-0.2, 0) is 0 Å². The fourth-order valence-corrected chi connectivity index (χ4v) is 1.40. The van der Waals surface area contributed by atoms with Gasteiger partial charge in [0, 0.05) is 11.8 Å². The maximum absolute atomic E-state index is 13.2. The van der Waals surface area contributed by atoms with Crippen molar-refractivity contribution in [3.63, 3.8) is 0 Å². The van der Waals surface area contributed by atoms with Crippen molar-refractivity contribution in [3.8, 4) is 0 Å². The molecule has 1 N–H and O–H groups in total. The van der Waals surface area contributed by atoms with Crippen molar-refractivity contribution in [2.24, 2.45) is 0 Å². The van der Waals surface area contributed by atoms with Crippen LogP contribution in [-0.4, -0.2) is 4.98 Å². The van der Waals surface area contributed by atoms with E-state index in [0.717, 1.165) is 0 Å². The molecule has 0 spiro atoms. The first-order valence-electron chi connectivity index (χ1n) is 5.00. The maximum Gasteiger partial charge on any atom is 0.133 e. The van der Waals surface area contributed by atoms with Crippen LogP contribution in [0.25, 0.3) is 6.08 Å². The van der Waals surface area contributed by atoms with Gasteiger partial charge in [-0.05, 0) is 30.3 Å². The lowest BCUT2D eigenvalue weighted by Crippen LogP contribution is -1.96. The van der Waals surface area contributed by atoms with Crippen molar-refractivity contribution < 1.29 is 8.78 Å². The average Bonchev–Trinajstić information content (AvgIpc) is 2.28. The molecule has 2 aromatic rings. The summed E-state index contributed by atoms with van der Waals surface area (Å²) in [5.74, 6) is -0.477. The normalized spacial score (nSPS) is 10.0. The Morgan fingerprint density at radius 2 is 1.94 bits per heavy atom. The van der Waals surface area contributed by atoms with E-state index < -0.39 is 5.82 Å². The zero-order valence-corrected chi connectivity index (χ0v) is 8.95. The first-order chi connectivity index (χ1) is 8.17. The number of rotatable bonds is 3. The first kappa shape index (κ1) is 11.3. The minimum atomic E-state index is -0.422. The number of aromatic nitrogens is 1. The van der Waals surface area contributed by atoms with Gasteiger partial charge in [0.1, 0.15) is 17.5 Å². The summed E-state index contributed by atoms with van der Waals surface area (Å²) >= 11 is 0. The van der Waals surface area contributed by atoms with Crippen LogP contribution >= 0.6 is 0 Å². The molecule has 2 nitrogen and oxygen atoms in total. The summed E-state index contributed by atoms with van der Waals surface area (Å²) in [5.41, 5.74) is 0.932. The van der Waals surface area contributed by atoms with Gasteiger partial charge in [-0.25, -0.2) is 13.8 Å². The summed E-state index contributed by atoms with van der Waals surface area (Å²) in [6.45, 7) is 3.52. The third-order valence-corrected chi connectivity index (χ3v) is 2.12. The number of halogens is 2. The molecule has 17 heavy (non-hydrogen) atoms. The predicted molar refractivity (Wildman–Crippen MR) is 64.0 cm³/mol. The van der Waals surface area contributed by atoms with Gasteiger partial charge in [-0.2, -0.15) is 0 Å². The molecule has 4 heteroatoms. The Balaban J connectivity index is 2.29. The molecule has 1 aromatic carbocycles. The van der Waals surface area contributed by atoms with Gasteiger partial charge in [-0.15, -0.1) is 0 Å². The second-order valence-corrected chi connectivity index (χ2v) is 3.43. The van der Waals surface area contributed by atoms with Crippen molar-refractivity contribution in [1.29, 1.82) is 0 Å². The highest BCUT2D eigenvalue weighted by Gasteiger charge is 2.01. The Morgan fingerprint density at radius 3 is 2.65 bits per heavy atom. The molecular formula is C13H10F2N2. The smallest absolute Gasteiger partial charge is 0.133 e. The van der Waals surface area contributed by atoms with Gasteiger partial charge in [0.25, 0.3) is 0 Å². The van der Waals surface area contributed by atoms with E-state index in [9.17, 15) is 8.78 Å². The van der Waals surface area contributed by atoms with Crippen LogP contribution in [0.5, 0.6) is 0 Å². The number of benzene rings is 1. The second-order valence-electron chi connectivity index (χ2n) is 3.43. The third kappa shape index (κ3) is 2.87. The lowest BCUT2D eigenvalue weighted by molar-refractivity contribution is 0.626. The lowest BCUT2D eigenvalue weighted by Gasteiger charge is -2.06. The number of hydrogen-bond acceptors (Lipinski definition) is 2. The van der Waals surface area contributed by atoms with E-state index in [0.29, 0.717) is 17.2 Å². The van der Waals surface area contributed by atoms with Crippen LogP contribution in [0.4, 0.5) is 20.3 Å². The van der Waals surface area contributed by atoms with E-state index in [4.69, 9.17) is 0 Å². The zero-order valence-electron chi connectivity index (χ0n) is 8.95. The Kier molecular flexibility index (Phi) is 3.14. The Morgan fingerprint density at radius 1 is 1.12 bits per heavy atom. The number of nitrogens with one attached hydrogen (secondary N) is 1. The molecule has 0 saturated carbocycles. The van der Waals surface area contributed by atoms with Crippen LogP contribution in [0.3, 0.4) is 0 Å². The highest BCUT2D eigenvalue weighted by atomic mass is 19.1. The van der Waals surface area contributed by atoms with Gasteiger partial charge < -0.3 is 5.32 Å². The largest absolute Gasteiger partial charge is 0.340 e. The molecule has 0 amide bonds. The summed E-state index contributed by atoms with van der Waals surface area (Å²) in [6, 6.07) is 8.37. The van der Waals surface area contributed by atoms with Gasteiger partial charge in [0.2, 0.25) is 0 Å². The van der Waals surface area contributed by atoms with Crippen molar-refractivity contribution >= 4 is 17.6 Å². The van der Waals surface area contributed by atoms with Crippen LogP contribution in [0.15, 0.2) is 43.0 Å². The molecule has 86 valence electrons. The van der Waals surface area contributed by atoms with E-state index in [1.807, 2.05) is 0 Å². The highest BCUT2D eigenvalue weighted by Crippen LogP contribution is 2.17. The van der Waals surface area contributed by atoms with E-state index >= 15 is 0 Å². The van der Waals surface area contributed by atoms with E-state index in [1.54, 1.807) is 12.1 Å². The molecular weight excluding hydrogens is 222 g/mol. The average molecular weight is 232 g/mol. The van der Waals surface area contributed by atoms with Crippen LogP contribution < -0.4 is 5.32 Å².